The van der Waals surface area contributed by atoms with Gasteiger partial charge in [0.1, 0.15) is 17.9 Å². The maximum absolute atomic E-state index is 9.38. The van der Waals surface area contributed by atoms with Gasteiger partial charge in [0.2, 0.25) is 0 Å². The summed E-state index contributed by atoms with van der Waals surface area (Å²) in [6.07, 6.45) is 1.35. The quantitative estimate of drug-likeness (QED) is 0.593. The minimum atomic E-state index is -0.486. The van der Waals surface area contributed by atoms with Crippen molar-refractivity contribution in [2.45, 2.75) is 20.0 Å². The average molecular weight is 465 g/mol. The Hall–Kier alpha value is -2.12. The molecule has 1 aliphatic heterocycles. The number of anilines is 1. The third-order valence-electron chi connectivity index (χ3n) is 5.33. The number of aliphatic hydroxyl groups excluding tert-OH is 1. The average Bonchev–Trinajstić information content (AvgIpc) is 2.77. The second-order valence-electron chi connectivity index (χ2n) is 7.51. The van der Waals surface area contributed by atoms with E-state index in [0.29, 0.717) is 0 Å². The zero-order valence-corrected chi connectivity index (χ0v) is 19.5. The maximum atomic E-state index is 9.38. The molecule has 0 unspecified atom stereocenters. The molecule has 6 nitrogen and oxygen atoms in total. The van der Waals surface area contributed by atoms with Gasteiger partial charge in [-0.05, 0) is 49.9 Å². The standard InChI is InChI=1S/C23H28N4O2.2ClH/c1-3-26-11-13-27(14-12-26)23-22-19(5-4-10-24-22)15-21(25-23)18-6-8-20(9-7-18)29-16-17(2)28;;/h4-10,15,17,28H,3,11-14,16H2,1-2H3;2*1H/t17-;;/m0../s1. The molecule has 0 amide bonds. The minimum Gasteiger partial charge on any atom is -0.491 e. The number of ether oxygens (including phenoxy) is 1. The molecule has 1 fully saturated rings. The Morgan fingerprint density at radius 1 is 1.06 bits per heavy atom. The smallest absolute Gasteiger partial charge is 0.155 e. The number of fused-ring (bicyclic) bond motifs is 1. The van der Waals surface area contributed by atoms with Gasteiger partial charge < -0.3 is 19.6 Å². The van der Waals surface area contributed by atoms with Crippen LogP contribution in [0.4, 0.5) is 5.82 Å². The highest BCUT2D eigenvalue weighted by molar-refractivity contribution is 5.91. The van der Waals surface area contributed by atoms with Crippen molar-refractivity contribution in [2.24, 2.45) is 0 Å². The molecule has 1 N–H and O–H groups in total. The summed E-state index contributed by atoms with van der Waals surface area (Å²) in [5.74, 6) is 1.70. The van der Waals surface area contributed by atoms with E-state index < -0.39 is 6.10 Å². The Morgan fingerprint density at radius 3 is 2.42 bits per heavy atom. The van der Waals surface area contributed by atoms with E-state index in [9.17, 15) is 5.11 Å². The van der Waals surface area contributed by atoms with E-state index in [0.717, 1.165) is 66.5 Å². The predicted octanol–water partition coefficient (Wildman–Crippen LogP) is 4.04. The first-order valence-electron chi connectivity index (χ1n) is 10.3. The molecule has 3 heterocycles. The van der Waals surface area contributed by atoms with E-state index in [1.807, 2.05) is 36.5 Å². The normalized spacial score (nSPS) is 15.1. The van der Waals surface area contributed by atoms with Crippen LogP contribution in [-0.2, 0) is 0 Å². The number of aliphatic hydroxyl groups is 1. The van der Waals surface area contributed by atoms with Crippen molar-refractivity contribution in [1.82, 2.24) is 14.9 Å². The molecular formula is C23H30Cl2N4O2. The maximum Gasteiger partial charge on any atom is 0.155 e. The summed E-state index contributed by atoms with van der Waals surface area (Å²) >= 11 is 0. The second-order valence-corrected chi connectivity index (χ2v) is 7.51. The molecule has 1 saturated heterocycles. The van der Waals surface area contributed by atoms with Gasteiger partial charge in [-0.1, -0.05) is 13.0 Å². The SMILES string of the molecule is CCN1CCN(c2nc(-c3ccc(OC[C@H](C)O)cc3)cc3cccnc23)CC1.Cl.Cl. The topological polar surface area (TPSA) is 61.7 Å². The van der Waals surface area contributed by atoms with E-state index in [1.165, 1.54) is 0 Å². The largest absolute Gasteiger partial charge is 0.491 e. The van der Waals surface area contributed by atoms with Crippen LogP contribution in [0.5, 0.6) is 5.75 Å². The van der Waals surface area contributed by atoms with Gasteiger partial charge in [0.25, 0.3) is 0 Å². The van der Waals surface area contributed by atoms with Gasteiger partial charge in [0, 0.05) is 43.3 Å². The molecular weight excluding hydrogens is 435 g/mol. The van der Waals surface area contributed by atoms with Crippen molar-refractivity contribution in [3.05, 3.63) is 48.7 Å². The molecule has 1 aliphatic rings. The van der Waals surface area contributed by atoms with E-state index in [1.54, 1.807) is 6.92 Å². The van der Waals surface area contributed by atoms with Crippen molar-refractivity contribution in [3.8, 4) is 17.0 Å². The molecule has 1 aromatic carbocycles. The molecule has 1 atom stereocenters. The molecule has 0 aliphatic carbocycles. The molecule has 4 rings (SSSR count). The van der Waals surface area contributed by atoms with Crippen LogP contribution in [0, 0.1) is 0 Å². The Kier molecular flexibility index (Phi) is 9.32. The van der Waals surface area contributed by atoms with Crippen LogP contribution in [0.25, 0.3) is 22.2 Å². The Labute approximate surface area is 196 Å². The van der Waals surface area contributed by atoms with E-state index in [2.05, 4.69) is 33.8 Å². The molecule has 0 bridgehead atoms. The highest BCUT2D eigenvalue weighted by Gasteiger charge is 2.20. The van der Waals surface area contributed by atoms with Crippen LogP contribution >= 0.6 is 24.8 Å². The van der Waals surface area contributed by atoms with Crippen LogP contribution in [-0.4, -0.2) is 65.4 Å². The van der Waals surface area contributed by atoms with Gasteiger partial charge in [0.15, 0.2) is 5.82 Å². The number of aromatic nitrogens is 2. The number of piperazine rings is 1. The molecule has 168 valence electrons. The number of hydrogen-bond donors (Lipinski definition) is 1. The lowest BCUT2D eigenvalue weighted by molar-refractivity contribution is 0.123. The van der Waals surface area contributed by atoms with Crippen molar-refractivity contribution >= 4 is 41.5 Å². The highest BCUT2D eigenvalue weighted by Crippen LogP contribution is 2.30. The molecule has 0 spiro atoms. The third-order valence-corrected chi connectivity index (χ3v) is 5.33. The number of nitrogens with zero attached hydrogens (tertiary/aromatic N) is 4. The Morgan fingerprint density at radius 2 is 1.77 bits per heavy atom. The summed E-state index contributed by atoms with van der Waals surface area (Å²) < 4.78 is 5.57. The van der Waals surface area contributed by atoms with Crippen molar-refractivity contribution < 1.29 is 9.84 Å². The fourth-order valence-electron chi connectivity index (χ4n) is 3.65. The molecule has 0 saturated carbocycles. The summed E-state index contributed by atoms with van der Waals surface area (Å²) in [6, 6.07) is 14.0. The predicted molar refractivity (Wildman–Crippen MR) is 131 cm³/mol. The molecule has 2 aromatic heterocycles. The number of hydrogen-bond acceptors (Lipinski definition) is 6. The van der Waals surface area contributed by atoms with Crippen LogP contribution in [0.3, 0.4) is 0 Å². The molecule has 8 heteroatoms. The lowest BCUT2D eigenvalue weighted by Crippen LogP contribution is -2.46. The molecule has 3 aromatic rings. The summed E-state index contributed by atoms with van der Waals surface area (Å²) in [5, 5.41) is 10.5. The Balaban J connectivity index is 0.00000171. The minimum absolute atomic E-state index is 0. The van der Waals surface area contributed by atoms with Crippen molar-refractivity contribution in [1.29, 1.82) is 0 Å². The highest BCUT2D eigenvalue weighted by atomic mass is 35.5. The number of likely N-dealkylation sites (N-methyl/N-ethyl adjacent to an activating group) is 1. The van der Waals surface area contributed by atoms with Crippen molar-refractivity contribution in [3.63, 3.8) is 0 Å². The zero-order chi connectivity index (χ0) is 20.2. The second kappa shape index (κ2) is 11.5. The van der Waals surface area contributed by atoms with Gasteiger partial charge >= 0.3 is 0 Å². The third kappa shape index (κ3) is 5.98. The monoisotopic (exact) mass is 464 g/mol. The van der Waals surface area contributed by atoms with E-state index >= 15 is 0 Å². The number of rotatable bonds is 6. The summed E-state index contributed by atoms with van der Waals surface area (Å²) in [6.45, 7) is 9.31. The number of pyridine rings is 2. The van der Waals surface area contributed by atoms with Crippen LogP contribution in [0.15, 0.2) is 48.7 Å². The van der Waals surface area contributed by atoms with Crippen molar-refractivity contribution in [2.75, 3.05) is 44.2 Å². The summed E-state index contributed by atoms with van der Waals surface area (Å²) in [7, 11) is 0. The van der Waals surface area contributed by atoms with Gasteiger partial charge in [-0.3, -0.25) is 4.98 Å². The van der Waals surface area contributed by atoms with Gasteiger partial charge in [0.05, 0.1) is 11.8 Å². The first-order valence-corrected chi connectivity index (χ1v) is 10.3. The lowest BCUT2D eigenvalue weighted by atomic mass is 10.1. The summed E-state index contributed by atoms with van der Waals surface area (Å²) in [5.41, 5.74) is 2.92. The van der Waals surface area contributed by atoms with Gasteiger partial charge in [-0.15, -0.1) is 24.8 Å². The van der Waals surface area contributed by atoms with E-state index in [4.69, 9.17) is 9.72 Å². The van der Waals surface area contributed by atoms with Crippen LogP contribution in [0.2, 0.25) is 0 Å². The lowest BCUT2D eigenvalue weighted by Gasteiger charge is -2.35. The molecule has 0 radical (unpaired) electrons. The van der Waals surface area contributed by atoms with Crippen LogP contribution < -0.4 is 9.64 Å². The number of benzene rings is 1. The summed E-state index contributed by atoms with van der Waals surface area (Å²) in [4.78, 5) is 14.5. The number of halogens is 2. The first-order chi connectivity index (χ1) is 14.1. The van der Waals surface area contributed by atoms with Gasteiger partial charge in [-0.25, -0.2) is 4.98 Å². The molecule has 31 heavy (non-hydrogen) atoms. The fraction of sp³-hybridized carbons (Fsp3) is 0.391. The first kappa shape index (κ1) is 25.1. The van der Waals surface area contributed by atoms with Crippen LogP contribution in [0.1, 0.15) is 13.8 Å². The van der Waals surface area contributed by atoms with Gasteiger partial charge in [-0.2, -0.15) is 0 Å². The zero-order valence-electron chi connectivity index (χ0n) is 17.9. The van der Waals surface area contributed by atoms with E-state index in [-0.39, 0.29) is 31.4 Å². The Bertz CT molecular complexity index is 961. The fourth-order valence-corrected chi connectivity index (χ4v) is 3.65.